The Hall–Kier alpha value is -1.75. The highest BCUT2D eigenvalue weighted by atomic mass is 16.5. The highest BCUT2D eigenvalue weighted by Crippen LogP contribution is 2.28. The van der Waals surface area contributed by atoms with Gasteiger partial charge < -0.3 is 19.3 Å². The second-order valence-corrected chi connectivity index (χ2v) is 4.67. The van der Waals surface area contributed by atoms with E-state index in [1.165, 1.54) is 0 Å². The van der Waals surface area contributed by atoms with Crippen molar-refractivity contribution in [2.75, 3.05) is 47.4 Å². The van der Waals surface area contributed by atoms with E-state index in [0.717, 1.165) is 26.2 Å². The first kappa shape index (κ1) is 13.7. The van der Waals surface area contributed by atoms with Gasteiger partial charge in [-0.25, -0.2) is 0 Å². The summed E-state index contributed by atoms with van der Waals surface area (Å²) >= 11 is 0. The van der Waals surface area contributed by atoms with Gasteiger partial charge >= 0.3 is 0 Å². The van der Waals surface area contributed by atoms with Gasteiger partial charge in [-0.3, -0.25) is 4.79 Å². The molecule has 1 aromatic rings. The van der Waals surface area contributed by atoms with Crippen molar-refractivity contribution in [3.63, 3.8) is 0 Å². The summed E-state index contributed by atoms with van der Waals surface area (Å²) in [4.78, 5) is 16.5. The van der Waals surface area contributed by atoms with Crippen LogP contribution in [0.1, 0.15) is 10.4 Å². The summed E-state index contributed by atoms with van der Waals surface area (Å²) in [6.45, 7) is 3.37. The molecule has 0 radical (unpaired) electrons. The molecule has 1 aliphatic rings. The van der Waals surface area contributed by atoms with Crippen molar-refractivity contribution in [2.45, 2.75) is 0 Å². The number of methoxy groups -OCH3 is 2. The normalized spacial score (nSPS) is 16.3. The molecule has 5 nitrogen and oxygen atoms in total. The monoisotopic (exact) mass is 264 g/mol. The van der Waals surface area contributed by atoms with Gasteiger partial charge in [0.2, 0.25) is 0 Å². The van der Waals surface area contributed by atoms with E-state index in [1.54, 1.807) is 32.4 Å². The second kappa shape index (κ2) is 5.93. The van der Waals surface area contributed by atoms with Crippen LogP contribution in [0.5, 0.6) is 11.5 Å². The minimum absolute atomic E-state index is 0.0500. The lowest BCUT2D eigenvalue weighted by Crippen LogP contribution is -2.47. The van der Waals surface area contributed by atoms with Crippen molar-refractivity contribution >= 4 is 5.91 Å². The third kappa shape index (κ3) is 2.98. The zero-order chi connectivity index (χ0) is 13.8. The first-order valence-corrected chi connectivity index (χ1v) is 6.35. The van der Waals surface area contributed by atoms with E-state index >= 15 is 0 Å². The first-order valence-electron chi connectivity index (χ1n) is 6.35. The summed E-state index contributed by atoms with van der Waals surface area (Å²) in [6.07, 6.45) is 0. The van der Waals surface area contributed by atoms with Crippen LogP contribution in [0, 0.1) is 0 Å². The Kier molecular flexibility index (Phi) is 4.27. The summed E-state index contributed by atoms with van der Waals surface area (Å²) < 4.78 is 10.4. The molecular weight excluding hydrogens is 244 g/mol. The number of amides is 1. The van der Waals surface area contributed by atoms with E-state index < -0.39 is 0 Å². The standard InChI is InChI=1S/C14H20N2O3/c1-15-6-8-16(9-7-15)14(17)11-4-5-12(18-2)13(10-11)19-3/h4-5,10H,6-9H2,1-3H3. The lowest BCUT2D eigenvalue weighted by atomic mass is 10.1. The van der Waals surface area contributed by atoms with Crippen LogP contribution in [0.2, 0.25) is 0 Å². The topological polar surface area (TPSA) is 42.0 Å². The molecule has 0 atom stereocenters. The molecule has 1 amide bonds. The number of carbonyl (C=O) groups is 1. The predicted octanol–water partition coefficient (Wildman–Crippen LogP) is 1.09. The number of carbonyl (C=O) groups excluding carboxylic acids is 1. The Morgan fingerprint density at radius 2 is 1.68 bits per heavy atom. The molecule has 1 aliphatic heterocycles. The van der Waals surface area contributed by atoms with Crippen LogP contribution in [0.3, 0.4) is 0 Å². The average Bonchev–Trinajstić information content (AvgIpc) is 2.46. The van der Waals surface area contributed by atoms with Crippen molar-refractivity contribution in [3.05, 3.63) is 23.8 Å². The fraction of sp³-hybridized carbons (Fsp3) is 0.500. The summed E-state index contributed by atoms with van der Waals surface area (Å²) in [5.74, 6) is 1.27. The van der Waals surface area contributed by atoms with Gasteiger partial charge in [-0.2, -0.15) is 0 Å². The van der Waals surface area contributed by atoms with Gasteiger partial charge in [-0.15, -0.1) is 0 Å². The number of ether oxygens (including phenoxy) is 2. The van der Waals surface area contributed by atoms with Crippen LogP contribution >= 0.6 is 0 Å². The third-order valence-electron chi connectivity index (χ3n) is 3.42. The Bertz CT molecular complexity index is 454. The summed E-state index contributed by atoms with van der Waals surface area (Å²) in [7, 11) is 5.22. The lowest BCUT2D eigenvalue weighted by molar-refractivity contribution is 0.0663. The summed E-state index contributed by atoms with van der Waals surface area (Å²) in [6, 6.07) is 5.28. The minimum Gasteiger partial charge on any atom is -0.493 e. The van der Waals surface area contributed by atoms with E-state index in [1.807, 2.05) is 4.90 Å². The SMILES string of the molecule is COc1ccc(C(=O)N2CCN(C)CC2)cc1OC. The largest absolute Gasteiger partial charge is 0.493 e. The Labute approximate surface area is 113 Å². The van der Waals surface area contributed by atoms with Crippen molar-refractivity contribution in [3.8, 4) is 11.5 Å². The molecule has 19 heavy (non-hydrogen) atoms. The van der Waals surface area contributed by atoms with E-state index in [2.05, 4.69) is 11.9 Å². The molecule has 1 fully saturated rings. The molecule has 2 rings (SSSR count). The molecule has 0 unspecified atom stereocenters. The van der Waals surface area contributed by atoms with E-state index in [0.29, 0.717) is 17.1 Å². The molecular formula is C14H20N2O3. The van der Waals surface area contributed by atoms with Crippen LogP contribution in [0.25, 0.3) is 0 Å². The van der Waals surface area contributed by atoms with Crippen molar-refractivity contribution in [2.24, 2.45) is 0 Å². The number of nitrogens with zero attached hydrogens (tertiary/aromatic N) is 2. The van der Waals surface area contributed by atoms with Crippen molar-refractivity contribution in [1.29, 1.82) is 0 Å². The molecule has 0 aromatic heterocycles. The van der Waals surface area contributed by atoms with Crippen LogP contribution in [0.4, 0.5) is 0 Å². The molecule has 1 heterocycles. The molecule has 1 aromatic carbocycles. The number of piperazine rings is 1. The molecule has 104 valence electrons. The molecule has 0 spiro atoms. The third-order valence-corrected chi connectivity index (χ3v) is 3.42. The number of rotatable bonds is 3. The number of hydrogen-bond donors (Lipinski definition) is 0. The highest BCUT2D eigenvalue weighted by molar-refractivity contribution is 5.95. The maximum atomic E-state index is 12.4. The van der Waals surface area contributed by atoms with E-state index in [-0.39, 0.29) is 5.91 Å². The number of benzene rings is 1. The summed E-state index contributed by atoms with van der Waals surface area (Å²) in [5, 5.41) is 0. The number of likely N-dealkylation sites (N-methyl/N-ethyl adjacent to an activating group) is 1. The smallest absolute Gasteiger partial charge is 0.254 e. The highest BCUT2D eigenvalue weighted by Gasteiger charge is 2.21. The first-order chi connectivity index (χ1) is 9.15. The molecule has 0 N–H and O–H groups in total. The van der Waals surface area contributed by atoms with Gasteiger partial charge in [-0.1, -0.05) is 0 Å². The van der Waals surface area contributed by atoms with Gasteiger partial charge in [0.25, 0.3) is 5.91 Å². The molecule has 0 bridgehead atoms. The predicted molar refractivity (Wildman–Crippen MR) is 72.9 cm³/mol. The van der Waals surface area contributed by atoms with Gasteiger partial charge in [0.15, 0.2) is 11.5 Å². The Balaban J connectivity index is 2.15. The fourth-order valence-corrected chi connectivity index (χ4v) is 2.16. The maximum absolute atomic E-state index is 12.4. The zero-order valence-corrected chi connectivity index (χ0v) is 11.7. The van der Waals surface area contributed by atoms with Gasteiger partial charge in [0.05, 0.1) is 14.2 Å². The fourth-order valence-electron chi connectivity index (χ4n) is 2.16. The van der Waals surface area contributed by atoms with Crippen LogP contribution in [-0.2, 0) is 0 Å². The van der Waals surface area contributed by atoms with Crippen LogP contribution in [-0.4, -0.2) is 63.2 Å². The molecule has 5 heteroatoms. The molecule has 1 saturated heterocycles. The summed E-state index contributed by atoms with van der Waals surface area (Å²) in [5.41, 5.74) is 0.641. The lowest BCUT2D eigenvalue weighted by Gasteiger charge is -2.32. The molecule has 0 saturated carbocycles. The van der Waals surface area contributed by atoms with Gasteiger partial charge in [0, 0.05) is 31.7 Å². The van der Waals surface area contributed by atoms with Gasteiger partial charge in [-0.05, 0) is 25.2 Å². The second-order valence-electron chi connectivity index (χ2n) is 4.67. The van der Waals surface area contributed by atoms with Crippen LogP contribution in [0.15, 0.2) is 18.2 Å². The molecule has 0 aliphatic carbocycles. The quantitative estimate of drug-likeness (QED) is 0.819. The van der Waals surface area contributed by atoms with Crippen LogP contribution < -0.4 is 9.47 Å². The van der Waals surface area contributed by atoms with E-state index in [4.69, 9.17) is 9.47 Å². The Morgan fingerprint density at radius 3 is 2.26 bits per heavy atom. The average molecular weight is 264 g/mol. The Morgan fingerprint density at radius 1 is 1.05 bits per heavy atom. The number of hydrogen-bond acceptors (Lipinski definition) is 4. The zero-order valence-electron chi connectivity index (χ0n) is 11.7. The van der Waals surface area contributed by atoms with Crippen molar-refractivity contribution in [1.82, 2.24) is 9.80 Å². The van der Waals surface area contributed by atoms with Crippen molar-refractivity contribution < 1.29 is 14.3 Å². The maximum Gasteiger partial charge on any atom is 0.254 e. The van der Waals surface area contributed by atoms with Gasteiger partial charge in [0.1, 0.15) is 0 Å². The van der Waals surface area contributed by atoms with E-state index in [9.17, 15) is 4.79 Å². The minimum atomic E-state index is 0.0500.